The fraction of sp³-hybridized carbons (Fsp3) is 0.316. The van der Waals surface area contributed by atoms with E-state index < -0.39 is 0 Å². The summed E-state index contributed by atoms with van der Waals surface area (Å²) in [5.74, 6) is 0.780. The molecule has 120 valence electrons. The number of allylic oxidation sites excluding steroid dienone is 2. The molecule has 2 aliphatic rings. The van der Waals surface area contributed by atoms with Gasteiger partial charge >= 0.3 is 5.97 Å². The lowest BCUT2D eigenvalue weighted by molar-refractivity contribution is 0.0600. The Bertz CT molecular complexity index is 703. The summed E-state index contributed by atoms with van der Waals surface area (Å²) in [5.41, 5.74) is 2.83. The molecular weight excluding hydrogens is 290 g/mol. The average molecular weight is 311 g/mol. The van der Waals surface area contributed by atoms with Gasteiger partial charge in [0.25, 0.3) is 0 Å². The van der Waals surface area contributed by atoms with E-state index in [2.05, 4.69) is 42.3 Å². The van der Waals surface area contributed by atoms with Crippen molar-refractivity contribution in [3.05, 3.63) is 65.4 Å². The van der Waals surface area contributed by atoms with Crippen LogP contribution in [0.15, 0.2) is 54.3 Å². The van der Waals surface area contributed by atoms with Crippen LogP contribution in [0, 0.1) is 5.92 Å². The second-order valence-electron chi connectivity index (χ2n) is 5.87. The summed E-state index contributed by atoms with van der Waals surface area (Å²) in [6.07, 6.45) is 11.1. The zero-order valence-electron chi connectivity index (χ0n) is 13.7. The lowest BCUT2D eigenvalue weighted by atomic mass is 9.93. The normalized spacial score (nSPS) is 21.9. The van der Waals surface area contributed by atoms with Crippen molar-refractivity contribution in [3.63, 3.8) is 0 Å². The molecule has 0 amide bonds. The molecule has 0 fully saturated rings. The van der Waals surface area contributed by atoms with Gasteiger partial charge in [0, 0.05) is 18.0 Å². The minimum atomic E-state index is -0.355. The van der Waals surface area contributed by atoms with E-state index in [1.165, 1.54) is 12.7 Å². The van der Waals surface area contributed by atoms with Gasteiger partial charge in [-0.1, -0.05) is 35.9 Å². The Morgan fingerprint density at radius 2 is 2.09 bits per heavy atom. The second kappa shape index (κ2) is 6.32. The zero-order valence-corrected chi connectivity index (χ0v) is 13.7. The van der Waals surface area contributed by atoms with Crippen LogP contribution in [0.5, 0.6) is 5.75 Å². The minimum absolute atomic E-state index is 0.352. The quantitative estimate of drug-likeness (QED) is 0.800. The Morgan fingerprint density at radius 3 is 2.83 bits per heavy atom. The van der Waals surface area contributed by atoms with Crippen LogP contribution < -0.4 is 4.74 Å². The number of fused-ring (bicyclic) bond motifs is 1. The highest BCUT2D eigenvalue weighted by molar-refractivity contribution is 5.89. The van der Waals surface area contributed by atoms with Gasteiger partial charge < -0.3 is 14.4 Å². The third-order valence-corrected chi connectivity index (χ3v) is 4.35. The molecule has 0 N–H and O–H groups in total. The summed E-state index contributed by atoms with van der Waals surface area (Å²) in [6.45, 7) is 2.86. The van der Waals surface area contributed by atoms with Gasteiger partial charge in [-0.3, -0.25) is 0 Å². The molecule has 0 radical (unpaired) electrons. The first-order valence-electron chi connectivity index (χ1n) is 7.68. The van der Waals surface area contributed by atoms with E-state index in [-0.39, 0.29) is 5.97 Å². The van der Waals surface area contributed by atoms with Gasteiger partial charge in [-0.25, -0.2) is 4.79 Å². The first-order valence-corrected chi connectivity index (χ1v) is 7.68. The molecule has 2 atom stereocenters. The van der Waals surface area contributed by atoms with Crippen molar-refractivity contribution in [2.24, 2.45) is 5.92 Å². The number of hydrogen-bond donors (Lipinski definition) is 0. The molecule has 23 heavy (non-hydrogen) atoms. The predicted molar refractivity (Wildman–Crippen MR) is 89.2 cm³/mol. The molecule has 0 aromatic heterocycles. The zero-order chi connectivity index (χ0) is 16.4. The maximum absolute atomic E-state index is 11.6. The van der Waals surface area contributed by atoms with Crippen LogP contribution in [-0.2, 0) is 11.3 Å². The van der Waals surface area contributed by atoms with Crippen LogP contribution in [0.2, 0.25) is 0 Å². The van der Waals surface area contributed by atoms with Gasteiger partial charge in [0.05, 0.1) is 25.8 Å². The number of carbonyl (C=O) groups excluding carboxylic acids is 1. The largest absolute Gasteiger partial charge is 0.496 e. The van der Waals surface area contributed by atoms with Crippen molar-refractivity contribution in [2.75, 3.05) is 14.2 Å². The monoisotopic (exact) mass is 311 g/mol. The maximum atomic E-state index is 11.6. The molecule has 1 aliphatic heterocycles. The molecule has 1 aromatic rings. The van der Waals surface area contributed by atoms with E-state index in [9.17, 15) is 4.79 Å². The molecule has 4 heteroatoms. The number of ether oxygens (including phenoxy) is 2. The summed E-state index contributed by atoms with van der Waals surface area (Å²) in [5, 5.41) is 0. The summed E-state index contributed by atoms with van der Waals surface area (Å²) >= 11 is 0. The smallest absolute Gasteiger partial charge is 0.337 e. The second-order valence-corrected chi connectivity index (χ2v) is 5.87. The number of hydrogen-bond acceptors (Lipinski definition) is 4. The van der Waals surface area contributed by atoms with E-state index in [1.807, 2.05) is 6.07 Å². The standard InChI is InChI=1S/C19H21NO3/c1-13-4-5-14-8-9-20(17(14)10-13)12-16-7-6-15(19(21)23-3)11-18(16)22-2/h4-11,14,17H,12H2,1-3H3. The number of carbonyl (C=O) groups is 1. The molecule has 4 nitrogen and oxygen atoms in total. The van der Waals surface area contributed by atoms with Crippen molar-refractivity contribution >= 4 is 5.97 Å². The topological polar surface area (TPSA) is 38.8 Å². The van der Waals surface area contributed by atoms with E-state index in [0.717, 1.165) is 12.1 Å². The van der Waals surface area contributed by atoms with Gasteiger partial charge in [-0.05, 0) is 25.3 Å². The Morgan fingerprint density at radius 1 is 1.26 bits per heavy atom. The van der Waals surface area contributed by atoms with Crippen LogP contribution >= 0.6 is 0 Å². The number of rotatable bonds is 4. The van der Waals surface area contributed by atoms with Crippen molar-refractivity contribution in [2.45, 2.75) is 19.5 Å². The minimum Gasteiger partial charge on any atom is -0.496 e. The molecule has 0 bridgehead atoms. The highest BCUT2D eigenvalue weighted by Gasteiger charge is 2.28. The Kier molecular flexibility index (Phi) is 4.24. The van der Waals surface area contributed by atoms with Crippen molar-refractivity contribution < 1.29 is 14.3 Å². The van der Waals surface area contributed by atoms with Gasteiger partial charge in [0.1, 0.15) is 5.75 Å². The number of methoxy groups -OCH3 is 2. The van der Waals surface area contributed by atoms with Crippen LogP contribution in [0.1, 0.15) is 22.8 Å². The van der Waals surface area contributed by atoms with Crippen LogP contribution in [-0.4, -0.2) is 31.1 Å². The lowest BCUT2D eigenvalue weighted by Gasteiger charge is -2.29. The molecule has 0 saturated heterocycles. The number of nitrogens with zero attached hydrogens (tertiary/aromatic N) is 1. The van der Waals surface area contributed by atoms with Crippen molar-refractivity contribution in [1.82, 2.24) is 4.90 Å². The summed E-state index contributed by atoms with van der Waals surface area (Å²) in [6, 6.07) is 5.80. The third kappa shape index (κ3) is 3.02. The average Bonchev–Trinajstić information content (AvgIpc) is 2.96. The summed E-state index contributed by atoms with van der Waals surface area (Å²) in [7, 11) is 3.00. The van der Waals surface area contributed by atoms with Gasteiger partial charge in [-0.15, -0.1) is 0 Å². The molecular formula is C19H21NO3. The SMILES string of the molecule is COC(=O)c1ccc(CN2C=CC3C=CC(C)=CC32)c(OC)c1. The van der Waals surface area contributed by atoms with Crippen LogP contribution in [0.4, 0.5) is 0 Å². The highest BCUT2D eigenvalue weighted by Crippen LogP contribution is 2.31. The first-order chi connectivity index (χ1) is 11.1. The number of benzene rings is 1. The molecule has 3 rings (SSSR count). The molecule has 1 heterocycles. The molecule has 0 spiro atoms. The predicted octanol–water partition coefficient (Wildman–Crippen LogP) is 3.31. The Balaban J connectivity index is 1.82. The van der Waals surface area contributed by atoms with Gasteiger partial charge in [0.2, 0.25) is 0 Å². The van der Waals surface area contributed by atoms with Crippen molar-refractivity contribution in [1.29, 1.82) is 0 Å². The molecule has 0 saturated carbocycles. The fourth-order valence-electron chi connectivity index (χ4n) is 3.09. The van der Waals surface area contributed by atoms with E-state index in [1.54, 1.807) is 19.2 Å². The summed E-state index contributed by atoms with van der Waals surface area (Å²) in [4.78, 5) is 13.9. The molecule has 2 unspecified atom stereocenters. The van der Waals surface area contributed by atoms with Crippen molar-refractivity contribution in [3.8, 4) is 5.75 Å². The first kappa shape index (κ1) is 15.4. The molecule has 1 aliphatic carbocycles. The van der Waals surface area contributed by atoms with Gasteiger partial charge in [-0.2, -0.15) is 0 Å². The van der Waals surface area contributed by atoms with E-state index >= 15 is 0 Å². The maximum Gasteiger partial charge on any atom is 0.337 e. The van der Waals surface area contributed by atoms with Crippen LogP contribution in [0.25, 0.3) is 0 Å². The van der Waals surface area contributed by atoms with Crippen LogP contribution in [0.3, 0.4) is 0 Å². The third-order valence-electron chi connectivity index (χ3n) is 4.35. The Labute approximate surface area is 136 Å². The summed E-state index contributed by atoms with van der Waals surface area (Å²) < 4.78 is 10.2. The molecule has 1 aromatic carbocycles. The fourth-order valence-corrected chi connectivity index (χ4v) is 3.09. The lowest BCUT2D eigenvalue weighted by Crippen LogP contribution is -2.30. The Hall–Kier alpha value is -2.49. The van der Waals surface area contributed by atoms with Gasteiger partial charge in [0.15, 0.2) is 0 Å². The number of esters is 1. The van der Waals surface area contributed by atoms with E-state index in [4.69, 9.17) is 9.47 Å². The van der Waals surface area contributed by atoms with E-state index in [0.29, 0.717) is 23.3 Å². The highest BCUT2D eigenvalue weighted by atomic mass is 16.5.